The van der Waals surface area contributed by atoms with Gasteiger partial charge in [0.25, 0.3) is 0 Å². The Hall–Kier alpha value is -2.12. The number of hydrogen-bond donors (Lipinski definition) is 2. The molecule has 21 heavy (non-hydrogen) atoms. The van der Waals surface area contributed by atoms with Crippen LogP contribution in [0.2, 0.25) is 5.02 Å². The van der Waals surface area contributed by atoms with Crippen molar-refractivity contribution < 1.29 is 4.74 Å². The molecule has 0 saturated heterocycles. The van der Waals surface area contributed by atoms with Crippen LogP contribution in [0.1, 0.15) is 11.1 Å². The fraction of sp³-hybridized carbons (Fsp3) is 0.154. The second-order valence-electron chi connectivity index (χ2n) is 4.16. The van der Waals surface area contributed by atoms with Gasteiger partial charge in [0.2, 0.25) is 0 Å². The number of benzene rings is 1. The molecule has 3 N–H and O–H groups in total. The molecule has 0 radical (unpaired) electrons. The molecule has 0 spiro atoms. The second kappa shape index (κ2) is 7.05. The van der Waals surface area contributed by atoms with Crippen LogP contribution >= 0.6 is 23.8 Å². The van der Waals surface area contributed by atoms with Crippen molar-refractivity contribution in [1.29, 1.82) is 0 Å². The first-order valence-electron chi connectivity index (χ1n) is 6.02. The molecule has 0 aliphatic carbocycles. The normalized spacial score (nSPS) is 10.8. The van der Waals surface area contributed by atoms with Crippen molar-refractivity contribution in [2.45, 2.75) is 6.54 Å². The van der Waals surface area contributed by atoms with Crippen LogP contribution in [0.25, 0.3) is 0 Å². The van der Waals surface area contributed by atoms with Gasteiger partial charge in [-0.05, 0) is 36.0 Å². The van der Waals surface area contributed by atoms with E-state index in [-0.39, 0.29) is 5.11 Å². The average Bonchev–Trinajstić information content (AvgIpc) is 2.84. The number of ether oxygens (including phenoxy) is 1. The van der Waals surface area contributed by atoms with Crippen LogP contribution in [0.3, 0.4) is 0 Å². The number of methoxy groups -OCH3 is 1. The highest BCUT2D eigenvalue weighted by Crippen LogP contribution is 2.20. The molecule has 1 aromatic heterocycles. The van der Waals surface area contributed by atoms with Crippen molar-refractivity contribution in [1.82, 2.24) is 15.2 Å². The van der Waals surface area contributed by atoms with Crippen molar-refractivity contribution in [3.8, 4) is 5.75 Å². The number of nitrogens with one attached hydrogen (secondary N) is 1. The molecule has 1 aromatic carbocycles. The van der Waals surface area contributed by atoms with E-state index in [0.29, 0.717) is 11.6 Å². The minimum atomic E-state index is 0.117. The Morgan fingerprint density at radius 1 is 1.62 bits per heavy atom. The Bertz CT molecular complexity index is 670. The van der Waals surface area contributed by atoms with Crippen LogP contribution in [0, 0.1) is 0 Å². The molecule has 0 unspecified atom stereocenters. The third-order valence-electron chi connectivity index (χ3n) is 2.63. The lowest BCUT2D eigenvalue weighted by Gasteiger charge is -2.09. The number of halogens is 1. The fourth-order valence-electron chi connectivity index (χ4n) is 1.77. The van der Waals surface area contributed by atoms with Gasteiger partial charge < -0.3 is 10.5 Å². The van der Waals surface area contributed by atoms with Crippen molar-refractivity contribution in [2.75, 3.05) is 7.11 Å². The molecule has 8 heteroatoms. The molecule has 1 heterocycles. The zero-order valence-electron chi connectivity index (χ0n) is 11.3. The van der Waals surface area contributed by atoms with Crippen LogP contribution in [-0.4, -0.2) is 28.2 Å². The standard InChI is InChI=1S/C13H14ClN5OS/c1-20-12-3-2-9(5-16-18-13(15)21)4-10(12)7-19-8-11(14)6-17-19/h2-6,8H,7H2,1H3,(H3,15,18,21). The molecular weight excluding hydrogens is 310 g/mol. The van der Waals surface area contributed by atoms with E-state index in [0.717, 1.165) is 16.9 Å². The van der Waals surface area contributed by atoms with Gasteiger partial charge in [0.1, 0.15) is 5.75 Å². The summed E-state index contributed by atoms with van der Waals surface area (Å²) in [6, 6.07) is 5.69. The van der Waals surface area contributed by atoms with Crippen molar-refractivity contribution in [3.05, 3.63) is 46.7 Å². The Balaban J connectivity index is 2.21. The van der Waals surface area contributed by atoms with E-state index in [1.807, 2.05) is 18.2 Å². The predicted molar refractivity (Wildman–Crippen MR) is 86.8 cm³/mol. The highest BCUT2D eigenvalue weighted by atomic mass is 35.5. The van der Waals surface area contributed by atoms with Gasteiger partial charge in [-0.1, -0.05) is 11.6 Å². The fourth-order valence-corrected chi connectivity index (χ4v) is 1.98. The highest BCUT2D eigenvalue weighted by Gasteiger charge is 2.06. The van der Waals surface area contributed by atoms with Crippen LogP contribution < -0.4 is 15.9 Å². The summed E-state index contributed by atoms with van der Waals surface area (Å²) in [5.41, 5.74) is 9.64. The lowest BCUT2D eigenvalue weighted by atomic mass is 10.1. The third kappa shape index (κ3) is 4.44. The summed E-state index contributed by atoms with van der Waals surface area (Å²) < 4.78 is 7.08. The molecular formula is C13H14ClN5OS. The van der Waals surface area contributed by atoms with Gasteiger partial charge in [0, 0.05) is 11.8 Å². The molecule has 110 valence electrons. The smallest absolute Gasteiger partial charge is 0.184 e. The monoisotopic (exact) mass is 323 g/mol. The van der Waals surface area contributed by atoms with Crippen LogP contribution in [0.5, 0.6) is 5.75 Å². The van der Waals surface area contributed by atoms with Crippen molar-refractivity contribution in [2.24, 2.45) is 10.8 Å². The number of hydrazone groups is 1. The zero-order chi connectivity index (χ0) is 15.2. The molecule has 0 atom stereocenters. The van der Waals surface area contributed by atoms with Gasteiger partial charge in [0.05, 0.1) is 31.1 Å². The lowest BCUT2D eigenvalue weighted by Crippen LogP contribution is -2.24. The Morgan fingerprint density at radius 2 is 2.43 bits per heavy atom. The van der Waals surface area contributed by atoms with Crippen LogP contribution in [0.4, 0.5) is 0 Å². The van der Waals surface area contributed by atoms with Crippen molar-refractivity contribution >= 4 is 35.1 Å². The van der Waals surface area contributed by atoms with E-state index in [1.165, 1.54) is 0 Å². The predicted octanol–water partition coefficient (Wildman–Crippen LogP) is 1.76. The Labute approximate surface area is 132 Å². The number of rotatable bonds is 5. The van der Waals surface area contributed by atoms with E-state index in [1.54, 1.807) is 30.4 Å². The summed E-state index contributed by atoms with van der Waals surface area (Å²) in [4.78, 5) is 0. The lowest BCUT2D eigenvalue weighted by molar-refractivity contribution is 0.407. The zero-order valence-corrected chi connectivity index (χ0v) is 12.9. The average molecular weight is 324 g/mol. The number of nitrogens with two attached hydrogens (primary N) is 1. The van der Waals surface area contributed by atoms with Gasteiger partial charge >= 0.3 is 0 Å². The first kappa shape index (κ1) is 15.3. The maximum absolute atomic E-state index is 5.86. The summed E-state index contributed by atoms with van der Waals surface area (Å²) in [5.74, 6) is 0.765. The second-order valence-corrected chi connectivity index (χ2v) is 5.04. The minimum Gasteiger partial charge on any atom is -0.496 e. The van der Waals surface area contributed by atoms with Crippen molar-refractivity contribution in [3.63, 3.8) is 0 Å². The quantitative estimate of drug-likeness (QED) is 0.498. The van der Waals surface area contributed by atoms with E-state index in [2.05, 4.69) is 27.8 Å². The summed E-state index contributed by atoms with van der Waals surface area (Å²) in [6.07, 6.45) is 4.96. The van der Waals surface area contributed by atoms with E-state index in [4.69, 9.17) is 22.1 Å². The summed E-state index contributed by atoms with van der Waals surface area (Å²) in [7, 11) is 1.62. The first-order valence-corrected chi connectivity index (χ1v) is 6.80. The van der Waals surface area contributed by atoms with Gasteiger partial charge in [-0.3, -0.25) is 10.1 Å². The molecule has 0 amide bonds. The van der Waals surface area contributed by atoms with E-state index >= 15 is 0 Å². The molecule has 0 bridgehead atoms. The number of nitrogens with zero attached hydrogens (tertiary/aromatic N) is 3. The molecule has 0 aliphatic rings. The van der Waals surface area contributed by atoms with Crippen LogP contribution in [0.15, 0.2) is 35.7 Å². The van der Waals surface area contributed by atoms with Gasteiger partial charge in [-0.15, -0.1) is 0 Å². The molecule has 0 saturated carbocycles. The molecule has 0 aliphatic heterocycles. The summed E-state index contributed by atoms with van der Waals surface area (Å²) in [6.45, 7) is 0.542. The van der Waals surface area contributed by atoms with Crippen LogP contribution in [-0.2, 0) is 6.54 Å². The van der Waals surface area contributed by atoms with E-state index < -0.39 is 0 Å². The number of aromatic nitrogens is 2. The Morgan fingerprint density at radius 3 is 3.05 bits per heavy atom. The summed E-state index contributed by atoms with van der Waals surface area (Å²) in [5, 5.41) is 8.78. The third-order valence-corrected chi connectivity index (χ3v) is 2.91. The molecule has 2 aromatic rings. The first-order chi connectivity index (χ1) is 10.1. The SMILES string of the molecule is COc1ccc(C=NNC(N)=S)cc1Cn1cc(Cl)cn1. The topological polar surface area (TPSA) is 77.5 Å². The van der Waals surface area contributed by atoms with Gasteiger partial charge in [-0.2, -0.15) is 10.2 Å². The molecule has 2 rings (SSSR count). The van der Waals surface area contributed by atoms with E-state index in [9.17, 15) is 0 Å². The maximum Gasteiger partial charge on any atom is 0.184 e. The maximum atomic E-state index is 5.86. The minimum absolute atomic E-state index is 0.117. The van der Waals surface area contributed by atoms with Gasteiger partial charge in [0.15, 0.2) is 5.11 Å². The number of hydrogen-bond acceptors (Lipinski definition) is 4. The molecule has 6 nitrogen and oxygen atoms in total. The van der Waals surface area contributed by atoms with Gasteiger partial charge in [-0.25, -0.2) is 0 Å². The molecule has 0 fully saturated rings. The number of thiocarbonyl (C=S) groups is 1. The largest absolute Gasteiger partial charge is 0.496 e. The Kier molecular flexibility index (Phi) is 5.13. The summed E-state index contributed by atoms with van der Waals surface area (Å²) >= 11 is 10.5. The highest BCUT2D eigenvalue weighted by molar-refractivity contribution is 7.80.